The molecule has 0 aromatic heterocycles. The van der Waals surface area contributed by atoms with Crippen molar-refractivity contribution in [2.75, 3.05) is 6.61 Å². The summed E-state index contributed by atoms with van der Waals surface area (Å²) in [5, 5.41) is 0. The van der Waals surface area contributed by atoms with Gasteiger partial charge in [-0.15, -0.1) is 6.58 Å². The van der Waals surface area contributed by atoms with Crippen molar-refractivity contribution in [2.24, 2.45) is 0 Å². The van der Waals surface area contributed by atoms with Crippen LogP contribution in [0.15, 0.2) is 30.9 Å². The van der Waals surface area contributed by atoms with Crippen LogP contribution in [0.5, 0.6) is 0 Å². The summed E-state index contributed by atoms with van der Waals surface area (Å²) in [5.74, 6) is -2.59. The molecule has 1 atom stereocenters. The lowest BCUT2D eigenvalue weighted by Gasteiger charge is -2.26. The average molecular weight is 254 g/mol. The van der Waals surface area contributed by atoms with E-state index in [9.17, 15) is 13.6 Å². The molecule has 1 rings (SSSR count). The van der Waals surface area contributed by atoms with E-state index in [1.54, 1.807) is 6.92 Å². The van der Waals surface area contributed by atoms with Crippen LogP contribution in [-0.4, -0.2) is 12.6 Å². The van der Waals surface area contributed by atoms with Gasteiger partial charge in [0.2, 0.25) is 0 Å². The van der Waals surface area contributed by atoms with Crippen LogP contribution in [0.3, 0.4) is 0 Å². The van der Waals surface area contributed by atoms with Crippen LogP contribution in [0.1, 0.15) is 25.8 Å². The maximum atomic E-state index is 13.8. The molecule has 0 fully saturated rings. The molecule has 0 radical (unpaired) electrons. The minimum atomic E-state index is -1.26. The number of benzene rings is 1. The maximum absolute atomic E-state index is 13.8. The molecule has 18 heavy (non-hydrogen) atoms. The Kier molecular flexibility index (Phi) is 4.59. The van der Waals surface area contributed by atoms with Crippen molar-refractivity contribution >= 4 is 5.97 Å². The van der Waals surface area contributed by atoms with Gasteiger partial charge in [0.1, 0.15) is 0 Å². The Balaban J connectivity index is 3.30. The van der Waals surface area contributed by atoms with E-state index in [2.05, 4.69) is 6.58 Å². The molecule has 98 valence electrons. The van der Waals surface area contributed by atoms with Gasteiger partial charge < -0.3 is 4.74 Å². The van der Waals surface area contributed by atoms with Crippen molar-refractivity contribution < 1.29 is 18.3 Å². The fourth-order valence-corrected chi connectivity index (χ4v) is 1.81. The largest absolute Gasteiger partial charge is 0.465 e. The minimum absolute atomic E-state index is 0.0131. The lowest BCUT2D eigenvalue weighted by atomic mass is 9.79. The fourth-order valence-electron chi connectivity index (χ4n) is 1.81. The highest BCUT2D eigenvalue weighted by Crippen LogP contribution is 2.32. The number of carbonyl (C=O) groups is 1. The van der Waals surface area contributed by atoms with Crippen molar-refractivity contribution in [3.05, 3.63) is 48.1 Å². The van der Waals surface area contributed by atoms with Crippen LogP contribution in [0.2, 0.25) is 0 Å². The van der Waals surface area contributed by atoms with Crippen LogP contribution >= 0.6 is 0 Å². The van der Waals surface area contributed by atoms with Crippen molar-refractivity contribution in [1.29, 1.82) is 0 Å². The van der Waals surface area contributed by atoms with Gasteiger partial charge >= 0.3 is 5.97 Å². The molecule has 2 nitrogen and oxygen atoms in total. The number of allylic oxidation sites excluding steroid dienone is 1. The van der Waals surface area contributed by atoms with Gasteiger partial charge in [-0.1, -0.05) is 18.2 Å². The van der Waals surface area contributed by atoms with Gasteiger partial charge in [0.25, 0.3) is 0 Å². The predicted octanol–water partition coefficient (Wildman–Crippen LogP) is 3.36. The average Bonchev–Trinajstić information content (AvgIpc) is 2.33. The molecular weight excluding hydrogens is 238 g/mol. The first kappa shape index (κ1) is 14.4. The second-order valence-electron chi connectivity index (χ2n) is 4.15. The molecule has 0 saturated carbocycles. The van der Waals surface area contributed by atoms with Crippen molar-refractivity contribution in [2.45, 2.75) is 25.7 Å². The number of esters is 1. The first-order chi connectivity index (χ1) is 8.47. The maximum Gasteiger partial charge on any atom is 0.316 e. The van der Waals surface area contributed by atoms with Gasteiger partial charge in [-0.3, -0.25) is 4.79 Å². The Morgan fingerprint density at radius 3 is 2.72 bits per heavy atom. The Bertz CT molecular complexity index is 457. The van der Waals surface area contributed by atoms with E-state index in [1.165, 1.54) is 25.1 Å². The quantitative estimate of drug-likeness (QED) is 0.595. The molecule has 1 aromatic rings. The second-order valence-corrected chi connectivity index (χ2v) is 4.15. The van der Waals surface area contributed by atoms with Gasteiger partial charge in [-0.05, 0) is 26.3 Å². The molecule has 0 saturated heterocycles. The number of carbonyl (C=O) groups excluding carboxylic acids is 1. The lowest BCUT2D eigenvalue weighted by molar-refractivity contribution is -0.149. The number of hydrogen-bond acceptors (Lipinski definition) is 2. The van der Waals surface area contributed by atoms with Gasteiger partial charge in [0, 0.05) is 5.56 Å². The van der Waals surface area contributed by atoms with E-state index in [0.29, 0.717) is 0 Å². The van der Waals surface area contributed by atoms with Crippen LogP contribution in [0.25, 0.3) is 0 Å². The Labute approximate surface area is 105 Å². The van der Waals surface area contributed by atoms with Gasteiger partial charge in [-0.25, -0.2) is 8.78 Å². The summed E-state index contributed by atoms with van der Waals surface area (Å²) in [4.78, 5) is 12.0. The molecular formula is C14H16F2O2. The van der Waals surface area contributed by atoms with Crippen LogP contribution in [-0.2, 0) is 14.9 Å². The number of rotatable bonds is 5. The Morgan fingerprint density at radius 2 is 2.17 bits per heavy atom. The smallest absolute Gasteiger partial charge is 0.316 e. The van der Waals surface area contributed by atoms with Gasteiger partial charge in [-0.2, -0.15) is 0 Å². The van der Waals surface area contributed by atoms with E-state index >= 15 is 0 Å². The van der Waals surface area contributed by atoms with E-state index in [4.69, 9.17) is 4.74 Å². The topological polar surface area (TPSA) is 26.3 Å². The van der Waals surface area contributed by atoms with Gasteiger partial charge in [0.05, 0.1) is 12.0 Å². The summed E-state index contributed by atoms with van der Waals surface area (Å²) >= 11 is 0. The molecule has 0 aliphatic carbocycles. The molecule has 4 heteroatoms. The van der Waals surface area contributed by atoms with E-state index < -0.39 is 23.0 Å². The molecule has 0 heterocycles. The third-order valence-electron chi connectivity index (χ3n) is 2.82. The molecule has 1 aromatic carbocycles. The predicted molar refractivity (Wildman–Crippen MR) is 65.2 cm³/mol. The summed E-state index contributed by atoms with van der Waals surface area (Å²) in [5.41, 5.74) is -1.27. The summed E-state index contributed by atoms with van der Waals surface area (Å²) in [6.07, 6.45) is 1.66. The van der Waals surface area contributed by atoms with Crippen molar-refractivity contribution in [3.63, 3.8) is 0 Å². The normalized spacial score (nSPS) is 13.8. The molecule has 1 unspecified atom stereocenters. The number of ether oxygens (including phenoxy) is 1. The molecule has 0 spiro atoms. The fraction of sp³-hybridized carbons (Fsp3) is 0.357. The zero-order valence-electron chi connectivity index (χ0n) is 10.5. The first-order valence-corrected chi connectivity index (χ1v) is 5.70. The molecule has 0 N–H and O–H groups in total. The number of hydrogen-bond donors (Lipinski definition) is 0. The third-order valence-corrected chi connectivity index (χ3v) is 2.82. The minimum Gasteiger partial charge on any atom is -0.465 e. The molecule has 0 aliphatic heterocycles. The van der Waals surface area contributed by atoms with Crippen molar-refractivity contribution in [1.82, 2.24) is 0 Å². The van der Waals surface area contributed by atoms with Crippen LogP contribution in [0, 0.1) is 11.6 Å². The van der Waals surface area contributed by atoms with E-state index in [-0.39, 0.29) is 18.6 Å². The second kappa shape index (κ2) is 5.76. The highest BCUT2D eigenvalue weighted by molar-refractivity contribution is 5.83. The SMILES string of the molecule is C=CCC(C)(C(=O)OCC)c1cccc(F)c1F. The zero-order chi connectivity index (χ0) is 13.8. The first-order valence-electron chi connectivity index (χ1n) is 5.70. The summed E-state index contributed by atoms with van der Waals surface area (Å²) < 4.78 is 32.0. The van der Waals surface area contributed by atoms with Crippen molar-refractivity contribution in [3.8, 4) is 0 Å². The third kappa shape index (κ3) is 2.58. The Hall–Kier alpha value is -1.71. The number of halogens is 2. The molecule has 0 bridgehead atoms. The highest BCUT2D eigenvalue weighted by Gasteiger charge is 2.38. The van der Waals surface area contributed by atoms with Crippen LogP contribution < -0.4 is 0 Å². The zero-order valence-corrected chi connectivity index (χ0v) is 10.5. The summed E-state index contributed by atoms with van der Waals surface area (Å²) in [7, 11) is 0. The van der Waals surface area contributed by atoms with Crippen LogP contribution in [0.4, 0.5) is 8.78 Å². The highest BCUT2D eigenvalue weighted by atomic mass is 19.2. The Morgan fingerprint density at radius 1 is 1.50 bits per heavy atom. The van der Waals surface area contributed by atoms with Gasteiger partial charge in [0.15, 0.2) is 11.6 Å². The standard InChI is InChI=1S/C14H16F2O2/c1-4-9-14(3,13(17)18-5-2)10-7-6-8-11(15)12(10)16/h4,6-8H,1,5,9H2,2-3H3. The summed E-state index contributed by atoms with van der Waals surface area (Å²) in [6, 6.07) is 3.77. The summed E-state index contributed by atoms with van der Waals surface area (Å²) in [6.45, 7) is 6.90. The van der Waals surface area contributed by atoms with E-state index in [0.717, 1.165) is 6.07 Å². The van der Waals surface area contributed by atoms with E-state index in [1.807, 2.05) is 0 Å². The monoisotopic (exact) mass is 254 g/mol. The lowest BCUT2D eigenvalue weighted by Crippen LogP contribution is -2.35. The molecule has 0 aliphatic rings. The molecule has 0 amide bonds.